The van der Waals surface area contributed by atoms with Crippen LogP contribution in [0.15, 0.2) is 0 Å². The summed E-state index contributed by atoms with van der Waals surface area (Å²) in [5.74, 6) is 0. The Balaban J connectivity index is -0.00000000720. The average Bonchev–Trinajstić information content (AvgIpc) is 1.76. The van der Waals surface area contributed by atoms with Gasteiger partial charge < -0.3 is 85.0 Å². The SMILES string of the molecule is O.O.O.O.OB(O)O.OB(O)O.OB(O)O.OB(O)O.[H-].[H-].[K+].[K+]. The van der Waals surface area contributed by atoms with Crippen molar-refractivity contribution in [3.05, 3.63) is 0 Å². The van der Waals surface area contributed by atoms with Crippen LogP contribution in [0.25, 0.3) is 0 Å². The van der Waals surface area contributed by atoms with Gasteiger partial charge in [0.15, 0.2) is 0 Å². The first-order valence-electron chi connectivity index (χ1n) is 3.10. The van der Waals surface area contributed by atoms with Crippen molar-refractivity contribution in [3.63, 3.8) is 0 Å². The standard InChI is InChI=1S/4BH3O3.2K.4H2O.2H/c4*2-1(3)4;;;;;;;;/h4*2-4H;;;4*1H2;;/q;;;;2*+1;;;;;2*-1. The van der Waals surface area contributed by atoms with Crippen LogP contribution in [0.2, 0.25) is 0 Å². The molecule has 0 heterocycles. The zero-order chi connectivity index (χ0) is 14.3. The third kappa shape index (κ3) is 1310. The number of hydrogen-bond acceptors (Lipinski definition) is 12. The molecule has 0 spiro atoms. The van der Waals surface area contributed by atoms with E-state index in [1.807, 2.05) is 0 Å². The second-order valence-electron chi connectivity index (χ2n) is 1.39. The second kappa shape index (κ2) is 56.5. The monoisotopic (exact) mass is 400 g/mol. The van der Waals surface area contributed by atoms with Gasteiger partial charge in [0.25, 0.3) is 0 Å². The fraction of sp³-hybridized carbons (Fsp3) is 0. The predicted octanol–water partition coefficient (Wildman–Crippen LogP) is -17.3. The van der Waals surface area contributed by atoms with Gasteiger partial charge in [0.05, 0.1) is 0 Å². The summed E-state index contributed by atoms with van der Waals surface area (Å²) in [4.78, 5) is 0. The van der Waals surface area contributed by atoms with Gasteiger partial charge in [0, 0.05) is 0 Å². The Morgan fingerprint density at radius 3 is 0.318 bits per heavy atom. The minimum absolute atomic E-state index is 0. The Morgan fingerprint density at radius 2 is 0.318 bits per heavy atom. The third-order valence-corrected chi connectivity index (χ3v) is 0. The summed E-state index contributed by atoms with van der Waals surface area (Å²) >= 11 is 0. The van der Waals surface area contributed by atoms with Crippen LogP contribution in [0.4, 0.5) is 0 Å². The maximum absolute atomic E-state index is 7.17. The maximum atomic E-state index is 7.17. The molecule has 0 saturated carbocycles. The summed E-state index contributed by atoms with van der Waals surface area (Å²) in [6, 6.07) is 0. The van der Waals surface area contributed by atoms with Gasteiger partial charge >= 0.3 is 132 Å². The Hall–Kier alpha value is 2.89. The van der Waals surface area contributed by atoms with Crippen molar-refractivity contribution < 1.29 is 188 Å². The van der Waals surface area contributed by atoms with Crippen molar-refractivity contribution in [3.8, 4) is 0 Å². The minimum atomic E-state index is -2.17. The average molecular weight is 400 g/mol. The van der Waals surface area contributed by atoms with E-state index in [9.17, 15) is 0 Å². The van der Waals surface area contributed by atoms with Crippen LogP contribution in [-0.4, -0.2) is 111 Å². The van der Waals surface area contributed by atoms with Gasteiger partial charge in [-0.1, -0.05) is 0 Å². The quantitative estimate of drug-likeness (QED) is 0.169. The molecule has 0 unspecified atom stereocenters. The van der Waals surface area contributed by atoms with Crippen molar-refractivity contribution >= 4 is 29.3 Å². The molecular formula is H22B4K2O16. The van der Waals surface area contributed by atoms with E-state index in [1.165, 1.54) is 0 Å². The molecule has 0 bridgehead atoms. The van der Waals surface area contributed by atoms with Gasteiger partial charge in [-0.15, -0.1) is 0 Å². The molecule has 0 aliphatic carbocycles. The van der Waals surface area contributed by atoms with Gasteiger partial charge in [-0.2, -0.15) is 0 Å². The van der Waals surface area contributed by atoms with E-state index in [0.717, 1.165) is 0 Å². The van der Waals surface area contributed by atoms with E-state index in [2.05, 4.69) is 0 Å². The van der Waals surface area contributed by atoms with E-state index in [0.29, 0.717) is 0 Å². The molecule has 0 amide bonds. The van der Waals surface area contributed by atoms with Gasteiger partial charge in [-0.05, 0) is 0 Å². The summed E-state index contributed by atoms with van der Waals surface area (Å²) in [7, 11) is -8.67. The Bertz CT molecular complexity index is 77.1. The van der Waals surface area contributed by atoms with Crippen LogP contribution in [0.1, 0.15) is 2.85 Å². The summed E-state index contributed by atoms with van der Waals surface area (Å²) < 4.78 is 0. The zero-order valence-corrected chi connectivity index (χ0v) is 17.9. The van der Waals surface area contributed by atoms with E-state index in [-0.39, 0.29) is 128 Å². The fourth-order valence-electron chi connectivity index (χ4n) is 0. The minimum Gasteiger partial charge on any atom is -1.00 e. The van der Waals surface area contributed by atoms with Crippen LogP contribution < -0.4 is 103 Å². The van der Waals surface area contributed by atoms with Gasteiger partial charge in [-0.3, -0.25) is 0 Å². The Labute approximate surface area is 213 Å². The first kappa shape index (κ1) is 64.1. The van der Waals surface area contributed by atoms with Crippen LogP contribution >= 0.6 is 0 Å². The molecule has 0 rings (SSSR count). The molecular weight excluding hydrogens is 377 g/mol. The third-order valence-electron chi connectivity index (χ3n) is 0. The molecule has 22 heavy (non-hydrogen) atoms. The van der Waals surface area contributed by atoms with Crippen LogP contribution in [0.5, 0.6) is 0 Å². The van der Waals surface area contributed by atoms with E-state index in [4.69, 9.17) is 60.3 Å². The molecule has 0 aliphatic heterocycles. The molecule has 22 heteroatoms. The van der Waals surface area contributed by atoms with Gasteiger partial charge in [-0.25, -0.2) is 0 Å². The molecule has 0 radical (unpaired) electrons. The first-order valence-corrected chi connectivity index (χ1v) is 3.10. The maximum Gasteiger partial charge on any atom is 1.00 e. The van der Waals surface area contributed by atoms with E-state index >= 15 is 0 Å². The summed E-state index contributed by atoms with van der Waals surface area (Å²) in [6.07, 6.45) is 0. The number of hydrogen-bond donors (Lipinski definition) is 12. The molecule has 16 nitrogen and oxygen atoms in total. The smallest absolute Gasteiger partial charge is 1.00 e. The van der Waals surface area contributed by atoms with Gasteiger partial charge in [0.2, 0.25) is 0 Å². The van der Waals surface area contributed by atoms with Gasteiger partial charge in [0.1, 0.15) is 0 Å². The Kier molecular flexibility index (Phi) is 164. The predicted molar refractivity (Wildman–Crippen MR) is 66.3 cm³/mol. The molecule has 0 aromatic carbocycles. The topological polar surface area (TPSA) is 369 Å². The zero-order valence-electron chi connectivity index (χ0n) is 13.7. The van der Waals surface area contributed by atoms with Crippen molar-refractivity contribution in [1.29, 1.82) is 0 Å². The molecule has 132 valence electrons. The fourth-order valence-corrected chi connectivity index (χ4v) is 0. The van der Waals surface area contributed by atoms with Crippen LogP contribution in [0, 0.1) is 0 Å². The molecule has 0 atom stereocenters. The van der Waals surface area contributed by atoms with Crippen molar-refractivity contribution in [2.75, 3.05) is 0 Å². The normalized spacial score (nSPS) is 4.91. The number of rotatable bonds is 0. The second-order valence-corrected chi connectivity index (χ2v) is 1.39. The summed E-state index contributed by atoms with van der Waals surface area (Å²) in [5.41, 5.74) is 0. The molecule has 0 saturated heterocycles. The van der Waals surface area contributed by atoms with Crippen LogP contribution in [-0.2, 0) is 0 Å². The van der Waals surface area contributed by atoms with Crippen molar-refractivity contribution in [2.24, 2.45) is 0 Å². The summed E-state index contributed by atoms with van der Waals surface area (Å²) in [5, 5.41) is 86.0. The van der Waals surface area contributed by atoms with E-state index in [1.54, 1.807) is 0 Å². The molecule has 20 N–H and O–H groups in total. The summed E-state index contributed by atoms with van der Waals surface area (Å²) in [6.45, 7) is 0. The van der Waals surface area contributed by atoms with Crippen LogP contribution in [0.3, 0.4) is 0 Å². The first-order chi connectivity index (χ1) is 6.93. The van der Waals surface area contributed by atoms with Crippen molar-refractivity contribution in [2.45, 2.75) is 0 Å². The molecule has 0 fully saturated rings. The Morgan fingerprint density at radius 1 is 0.318 bits per heavy atom. The molecule has 0 aromatic rings. The molecule has 0 aromatic heterocycles. The largest absolute Gasteiger partial charge is 1.00 e. The van der Waals surface area contributed by atoms with Crippen molar-refractivity contribution in [1.82, 2.24) is 0 Å². The molecule has 0 aliphatic rings. The van der Waals surface area contributed by atoms with E-state index < -0.39 is 29.3 Å².